The number of aliphatic hydroxyl groups excluding tert-OH is 1. The lowest BCUT2D eigenvalue weighted by Gasteiger charge is -2.15. The summed E-state index contributed by atoms with van der Waals surface area (Å²) < 4.78 is 0. The summed E-state index contributed by atoms with van der Waals surface area (Å²) in [5.74, 6) is -0.605. The molecular weight excluding hydrogens is 234 g/mol. The quantitative estimate of drug-likeness (QED) is 0.603. The smallest absolute Gasteiger partial charge is 0.255 e. The maximum atomic E-state index is 11.8. The molecule has 2 rings (SSSR count). The third kappa shape index (κ3) is 2.73. The van der Waals surface area contributed by atoms with Gasteiger partial charge in [0.1, 0.15) is 11.5 Å². The molecule has 0 spiro atoms. The summed E-state index contributed by atoms with van der Waals surface area (Å²) in [4.78, 5) is 11.8. The van der Waals surface area contributed by atoms with Crippen LogP contribution < -0.4 is 5.32 Å². The van der Waals surface area contributed by atoms with Crippen molar-refractivity contribution in [1.82, 2.24) is 5.32 Å². The van der Waals surface area contributed by atoms with E-state index in [4.69, 9.17) is 0 Å². The van der Waals surface area contributed by atoms with Crippen molar-refractivity contribution in [3.05, 3.63) is 23.8 Å². The van der Waals surface area contributed by atoms with E-state index in [0.29, 0.717) is 6.54 Å². The van der Waals surface area contributed by atoms with Crippen LogP contribution in [0.4, 0.5) is 0 Å². The average molecular weight is 251 g/mol. The number of benzene rings is 1. The highest BCUT2D eigenvalue weighted by molar-refractivity contribution is 5.97. The molecule has 1 saturated carbocycles. The van der Waals surface area contributed by atoms with E-state index >= 15 is 0 Å². The van der Waals surface area contributed by atoms with Gasteiger partial charge >= 0.3 is 0 Å². The van der Waals surface area contributed by atoms with Crippen LogP contribution >= 0.6 is 0 Å². The number of carbonyl (C=O) groups is 1. The Balaban J connectivity index is 1.97. The number of phenolic OH excluding ortho intramolecular Hbond substituents is 2. The minimum Gasteiger partial charge on any atom is -0.508 e. The van der Waals surface area contributed by atoms with Crippen LogP contribution in [0.15, 0.2) is 18.2 Å². The highest BCUT2D eigenvalue weighted by Crippen LogP contribution is 2.25. The van der Waals surface area contributed by atoms with Crippen molar-refractivity contribution >= 4 is 5.91 Å². The fourth-order valence-electron chi connectivity index (χ4n) is 2.28. The first-order valence-electron chi connectivity index (χ1n) is 6.06. The Morgan fingerprint density at radius 2 is 2.11 bits per heavy atom. The van der Waals surface area contributed by atoms with Crippen LogP contribution in [0.5, 0.6) is 11.5 Å². The van der Waals surface area contributed by atoms with Gasteiger partial charge in [-0.3, -0.25) is 4.79 Å². The van der Waals surface area contributed by atoms with Gasteiger partial charge in [-0.05, 0) is 31.0 Å². The van der Waals surface area contributed by atoms with Crippen LogP contribution in [0.2, 0.25) is 0 Å². The van der Waals surface area contributed by atoms with Crippen LogP contribution in [-0.2, 0) is 0 Å². The number of hydrogen-bond acceptors (Lipinski definition) is 4. The van der Waals surface area contributed by atoms with Crippen molar-refractivity contribution in [2.24, 2.45) is 5.92 Å². The first-order valence-corrected chi connectivity index (χ1v) is 6.06. The Hall–Kier alpha value is -1.75. The molecule has 5 heteroatoms. The summed E-state index contributed by atoms with van der Waals surface area (Å²) in [6.07, 6.45) is 2.29. The normalized spacial score (nSPS) is 22.9. The number of hydrogen-bond donors (Lipinski definition) is 4. The number of aromatic hydroxyl groups is 2. The first kappa shape index (κ1) is 12.7. The number of rotatable bonds is 3. The van der Waals surface area contributed by atoms with E-state index in [2.05, 4.69) is 5.32 Å². The monoisotopic (exact) mass is 251 g/mol. The van der Waals surface area contributed by atoms with E-state index in [1.807, 2.05) is 0 Å². The van der Waals surface area contributed by atoms with Gasteiger partial charge in [0.2, 0.25) is 0 Å². The molecule has 0 aliphatic heterocycles. The number of nitrogens with one attached hydrogen (secondary N) is 1. The number of aliphatic hydroxyl groups is 1. The maximum absolute atomic E-state index is 11.8. The predicted molar refractivity (Wildman–Crippen MR) is 65.5 cm³/mol. The van der Waals surface area contributed by atoms with E-state index in [0.717, 1.165) is 19.3 Å². The third-order valence-corrected chi connectivity index (χ3v) is 3.37. The molecule has 1 aromatic carbocycles. The van der Waals surface area contributed by atoms with E-state index in [9.17, 15) is 20.1 Å². The van der Waals surface area contributed by atoms with Crippen molar-refractivity contribution in [2.45, 2.75) is 25.4 Å². The van der Waals surface area contributed by atoms with E-state index < -0.39 is 5.91 Å². The van der Waals surface area contributed by atoms with Gasteiger partial charge in [0.25, 0.3) is 5.91 Å². The topological polar surface area (TPSA) is 89.8 Å². The van der Waals surface area contributed by atoms with Crippen LogP contribution in [0.3, 0.4) is 0 Å². The summed E-state index contributed by atoms with van der Waals surface area (Å²) in [6.45, 7) is 0.384. The minimum atomic E-state index is -0.442. The van der Waals surface area contributed by atoms with Gasteiger partial charge in [-0.25, -0.2) is 0 Å². The van der Waals surface area contributed by atoms with E-state index in [-0.39, 0.29) is 29.1 Å². The molecule has 4 N–H and O–H groups in total. The fourth-order valence-corrected chi connectivity index (χ4v) is 2.28. The summed E-state index contributed by atoms with van der Waals surface area (Å²) in [5.41, 5.74) is 0.0440. The number of carbonyl (C=O) groups excluding carboxylic acids is 1. The summed E-state index contributed by atoms with van der Waals surface area (Å²) >= 11 is 0. The lowest BCUT2D eigenvalue weighted by molar-refractivity contribution is 0.0914. The van der Waals surface area contributed by atoms with Crippen molar-refractivity contribution < 1.29 is 20.1 Å². The average Bonchev–Trinajstić information content (AvgIpc) is 2.75. The summed E-state index contributed by atoms with van der Waals surface area (Å²) in [7, 11) is 0. The first-order chi connectivity index (χ1) is 8.58. The molecule has 1 amide bonds. The SMILES string of the molecule is O=C(NCC1CCCC1O)c1cc(O)ccc1O. The molecule has 18 heavy (non-hydrogen) atoms. The number of amides is 1. The molecule has 2 atom stereocenters. The zero-order valence-electron chi connectivity index (χ0n) is 9.97. The molecular formula is C13H17NO4. The fraction of sp³-hybridized carbons (Fsp3) is 0.462. The molecule has 1 aliphatic rings. The van der Waals surface area contributed by atoms with Gasteiger partial charge in [0.15, 0.2) is 0 Å². The molecule has 0 saturated heterocycles. The van der Waals surface area contributed by atoms with Gasteiger partial charge < -0.3 is 20.6 Å². The Morgan fingerprint density at radius 1 is 1.33 bits per heavy atom. The highest BCUT2D eigenvalue weighted by Gasteiger charge is 2.25. The standard InChI is InChI=1S/C13H17NO4/c15-9-4-5-12(17)10(6-9)13(18)14-7-8-2-1-3-11(8)16/h4-6,8,11,15-17H,1-3,7H2,(H,14,18). The number of phenols is 2. The Morgan fingerprint density at radius 3 is 2.78 bits per heavy atom. The van der Waals surface area contributed by atoms with E-state index in [1.54, 1.807) is 0 Å². The van der Waals surface area contributed by atoms with Crippen molar-refractivity contribution in [2.75, 3.05) is 6.54 Å². The van der Waals surface area contributed by atoms with E-state index in [1.165, 1.54) is 18.2 Å². The van der Waals surface area contributed by atoms with Gasteiger partial charge in [-0.1, -0.05) is 6.42 Å². The zero-order valence-corrected chi connectivity index (χ0v) is 9.97. The summed E-state index contributed by atoms with van der Waals surface area (Å²) in [5, 5.41) is 31.1. The molecule has 0 bridgehead atoms. The second-order valence-electron chi connectivity index (χ2n) is 4.67. The van der Waals surface area contributed by atoms with Crippen LogP contribution in [0.1, 0.15) is 29.6 Å². The summed E-state index contributed by atoms with van der Waals surface area (Å²) in [6, 6.07) is 3.80. The third-order valence-electron chi connectivity index (χ3n) is 3.37. The second kappa shape index (κ2) is 5.27. The molecule has 0 aromatic heterocycles. The molecule has 1 aromatic rings. The van der Waals surface area contributed by atoms with Crippen LogP contribution in [0.25, 0.3) is 0 Å². The molecule has 2 unspecified atom stereocenters. The lowest BCUT2D eigenvalue weighted by atomic mass is 10.1. The molecule has 98 valence electrons. The van der Waals surface area contributed by atoms with Crippen LogP contribution in [-0.4, -0.2) is 33.9 Å². The maximum Gasteiger partial charge on any atom is 0.255 e. The van der Waals surface area contributed by atoms with Crippen molar-refractivity contribution in [1.29, 1.82) is 0 Å². The largest absolute Gasteiger partial charge is 0.508 e. The Labute approximate surface area is 105 Å². The minimum absolute atomic E-state index is 0.0440. The molecule has 1 aliphatic carbocycles. The highest BCUT2D eigenvalue weighted by atomic mass is 16.3. The predicted octanol–water partition coefficient (Wildman–Crippen LogP) is 0.989. The molecule has 5 nitrogen and oxygen atoms in total. The molecule has 0 radical (unpaired) electrons. The second-order valence-corrected chi connectivity index (χ2v) is 4.67. The van der Waals surface area contributed by atoms with Gasteiger partial charge in [-0.2, -0.15) is 0 Å². The van der Waals surface area contributed by atoms with Gasteiger partial charge in [-0.15, -0.1) is 0 Å². The lowest BCUT2D eigenvalue weighted by Crippen LogP contribution is -2.32. The van der Waals surface area contributed by atoms with Crippen molar-refractivity contribution in [3.8, 4) is 11.5 Å². The van der Waals surface area contributed by atoms with Gasteiger partial charge in [0.05, 0.1) is 11.7 Å². The molecule has 1 fully saturated rings. The Bertz CT molecular complexity index is 447. The van der Waals surface area contributed by atoms with Crippen LogP contribution in [0, 0.1) is 5.92 Å². The molecule has 0 heterocycles. The zero-order chi connectivity index (χ0) is 13.1. The Kier molecular flexibility index (Phi) is 3.72. The van der Waals surface area contributed by atoms with Crippen molar-refractivity contribution in [3.63, 3.8) is 0 Å². The van der Waals surface area contributed by atoms with Gasteiger partial charge in [0, 0.05) is 12.5 Å².